The summed E-state index contributed by atoms with van der Waals surface area (Å²) in [4.78, 5) is 4.43. The highest BCUT2D eigenvalue weighted by atomic mass is 35.5. The molecule has 1 aliphatic rings. The van der Waals surface area contributed by atoms with Crippen LogP contribution in [0.5, 0.6) is 11.5 Å². The van der Waals surface area contributed by atoms with Gasteiger partial charge >= 0.3 is 0 Å². The second kappa shape index (κ2) is 6.54. The number of ether oxygens (including phenoxy) is 2. The molecule has 0 atom stereocenters. The Morgan fingerprint density at radius 3 is 2.64 bits per heavy atom. The molecule has 120 valence electrons. The summed E-state index contributed by atoms with van der Waals surface area (Å²) in [6.45, 7) is 0. The van der Waals surface area contributed by atoms with Gasteiger partial charge in [0.25, 0.3) is 0 Å². The summed E-state index contributed by atoms with van der Waals surface area (Å²) in [6.07, 6.45) is 3.43. The molecule has 22 heavy (non-hydrogen) atoms. The zero-order chi connectivity index (χ0) is 14.9. The fourth-order valence-corrected chi connectivity index (χ4v) is 2.49. The molecule has 0 spiro atoms. The summed E-state index contributed by atoms with van der Waals surface area (Å²) in [5.41, 5.74) is 6.74. The minimum atomic E-state index is -0.403. The van der Waals surface area contributed by atoms with Crippen LogP contribution in [0.2, 0.25) is 0 Å². The normalized spacial score (nSPS) is 15.6. The van der Waals surface area contributed by atoms with Crippen molar-refractivity contribution in [2.75, 3.05) is 14.2 Å². The van der Waals surface area contributed by atoms with Crippen LogP contribution in [-0.4, -0.2) is 24.4 Å². The van der Waals surface area contributed by atoms with Gasteiger partial charge in [-0.15, -0.1) is 12.4 Å². The van der Waals surface area contributed by atoms with Crippen molar-refractivity contribution in [2.24, 2.45) is 5.73 Å². The number of nitrogens with two attached hydrogens (primary N) is 1. The van der Waals surface area contributed by atoms with Gasteiger partial charge < -0.3 is 19.7 Å². The molecule has 1 aromatic heterocycles. The number of aromatic nitrogens is 2. The van der Waals surface area contributed by atoms with Gasteiger partial charge in [0.05, 0.1) is 26.2 Å². The highest BCUT2D eigenvalue weighted by molar-refractivity contribution is 5.85. The Morgan fingerprint density at radius 1 is 1.27 bits per heavy atom. The standard InChI is InChI=1S/C15H19N3O3.ClH/c1-19-11-4-5-12(20-2)10(8-11)9-13-17-14(18-21-13)15(16)6-3-7-15;/h4-5,8H,3,6-7,9,16H2,1-2H3;1H. The summed E-state index contributed by atoms with van der Waals surface area (Å²) < 4.78 is 15.9. The monoisotopic (exact) mass is 325 g/mol. The molecular weight excluding hydrogens is 306 g/mol. The van der Waals surface area contributed by atoms with Crippen molar-refractivity contribution in [1.29, 1.82) is 0 Å². The smallest absolute Gasteiger partial charge is 0.231 e. The van der Waals surface area contributed by atoms with Crippen LogP contribution in [0.3, 0.4) is 0 Å². The summed E-state index contributed by atoms with van der Waals surface area (Å²) in [7, 11) is 3.26. The van der Waals surface area contributed by atoms with Crippen LogP contribution in [0.1, 0.15) is 36.5 Å². The Hall–Kier alpha value is -1.79. The molecule has 1 aromatic carbocycles. The largest absolute Gasteiger partial charge is 0.497 e. The van der Waals surface area contributed by atoms with E-state index < -0.39 is 5.54 Å². The summed E-state index contributed by atoms with van der Waals surface area (Å²) >= 11 is 0. The van der Waals surface area contributed by atoms with Crippen LogP contribution < -0.4 is 15.2 Å². The molecule has 2 aromatic rings. The van der Waals surface area contributed by atoms with Crippen LogP contribution >= 0.6 is 12.4 Å². The highest BCUT2D eigenvalue weighted by Crippen LogP contribution is 2.37. The van der Waals surface area contributed by atoms with Crippen LogP contribution in [0.25, 0.3) is 0 Å². The van der Waals surface area contributed by atoms with E-state index in [2.05, 4.69) is 10.1 Å². The van der Waals surface area contributed by atoms with Crippen LogP contribution in [-0.2, 0) is 12.0 Å². The lowest BCUT2D eigenvalue weighted by atomic mass is 9.77. The van der Waals surface area contributed by atoms with Crippen molar-refractivity contribution < 1.29 is 14.0 Å². The second-order valence-electron chi connectivity index (χ2n) is 5.38. The first kappa shape index (κ1) is 16.6. The third-order valence-electron chi connectivity index (χ3n) is 3.99. The molecule has 1 heterocycles. The fraction of sp³-hybridized carbons (Fsp3) is 0.467. The molecule has 0 unspecified atom stereocenters. The van der Waals surface area contributed by atoms with Gasteiger partial charge in [0.1, 0.15) is 11.5 Å². The predicted molar refractivity (Wildman–Crippen MR) is 83.6 cm³/mol. The SMILES string of the molecule is COc1ccc(OC)c(Cc2nc(C3(N)CCC3)no2)c1.Cl. The third-order valence-corrected chi connectivity index (χ3v) is 3.99. The second-order valence-corrected chi connectivity index (χ2v) is 5.38. The summed E-state index contributed by atoms with van der Waals surface area (Å²) in [6, 6.07) is 5.62. The molecular formula is C15H20ClN3O3. The number of halogens is 1. The van der Waals surface area contributed by atoms with Crippen molar-refractivity contribution in [3.63, 3.8) is 0 Å². The number of benzene rings is 1. The van der Waals surface area contributed by atoms with E-state index in [1.54, 1.807) is 14.2 Å². The number of hydrogen-bond acceptors (Lipinski definition) is 6. The van der Waals surface area contributed by atoms with Gasteiger partial charge in [-0.05, 0) is 37.5 Å². The first-order chi connectivity index (χ1) is 10.1. The zero-order valence-corrected chi connectivity index (χ0v) is 13.5. The molecule has 0 radical (unpaired) electrons. The highest BCUT2D eigenvalue weighted by Gasteiger charge is 2.38. The van der Waals surface area contributed by atoms with Crippen molar-refractivity contribution in [2.45, 2.75) is 31.2 Å². The lowest BCUT2D eigenvalue weighted by Crippen LogP contribution is -2.44. The summed E-state index contributed by atoms with van der Waals surface area (Å²) in [5, 5.41) is 4.02. The van der Waals surface area contributed by atoms with Gasteiger partial charge in [-0.2, -0.15) is 4.98 Å². The molecule has 7 heteroatoms. The van der Waals surface area contributed by atoms with Crippen LogP contribution in [0.15, 0.2) is 22.7 Å². The first-order valence-corrected chi connectivity index (χ1v) is 6.97. The maximum absolute atomic E-state index is 6.20. The molecule has 0 saturated heterocycles. The van der Waals surface area contributed by atoms with Crippen LogP contribution in [0, 0.1) is 0 Å². The maximum atomic E-state index is 6.20. The Bertz CT molecular complexity index is 641. The quantitative estimate of drug-likeness (QED) is 0.909. The van der Waals surface area contributed by atoms with Crippen molar-refractivity contribution in [3.05, 3.63) is 35.5 Å². The van der Waals surface area contributed by atoms with Gasteiger partial charge in [0, 0.05) is 5.56 Å². The molecule has 6 nitrogen and oxygen atoms in total. The fourth-order valence-electron chi connectivity index (χ4n) is 2.49. The molecule has 1 aliphatic carbocycles. The third kappa shape index (κ3) is 3.03. The van der Waals surface area contributed by atoms with E-state index in [-0.39, 0.29) is 12.4 Å². The molecule has 1 saturated carbocycles. The van der Waals surface area contributed by atoms with E-state index in [1.807, 2.05) is 18.2 Å². The maximum Gasteiger partial charge on any atom is 0.231 e. The van der Waals surface area contributed by atoms with E-state index in [0.29, 0.717) is 18.1 Å². The average molecular weight is 326 g/mol. The minimum Gasteiger partial charge on any atom is -0.497 e. The number of methoxy groups -OCH3 is 2. The van der Waals surface area contributed by atoms with Gasteiger partial charge in [-0.25, -0.2) is 0 Å². The van der Waals surface area contributed by atoms with Crippen molar-refractivity contribution in [1.82, 2.24) is 10.1 Å². The molecule has 0 bridgehead atoms. The van der Waals surface area contributed by atoms with E-state index >= 15 is 0 Å². The van der Waals surface area contributed by atoms with Gasteiger partial charge in [-0.3, -0.25) is 0 Å². The topological polar surface area (TPSA) is 83.4 Å². The van der Waals surface area contributed by atoms with E-state index in [1.165, 1.54) is 0 Å². The van der Waals surface area contributed by atoms with Gasteiger partial charge in [0.2, 0.25) is 5.89 Å². The first-order valence-electron chi connectivity index (χ1n) is 6.97. The molecule has 0 aliphatic heterocycles. The number of rotatable bonds is 5. The molecule has 0 amide bonds. The van der Waals surface area contributed by atoms with Gasteiger partial charge in [-0.1, -0.05) is 5.16 Å². The number of nitrogens with zero attached hydrogens (tertiary/aromatic N) is 2. The van der Waals surface area contributed by atoms with E-state index in [0.717, 1.165) is 36.3 Å². The Morgan fingerprint density at radius 2 is 2.05 bits per heavy atom. The zero-order valence-electron chi connectivity index (χ0n) is 12.7. The lowest BCUT2D eigenvalue weighted by molar-refractivity contribution is 0.229. The Balaban J connectivity index is 0.00000176. The Labute approximate surface area is 135 Å². The van der Waals surface area contributed by atoms with E-state index in [4.69, 9.17) is 19.7 Å². The predicted octanol–water partition coefficient (Wildman–Crippen LogP) is 2.44. The Kier molecular flexibility index (Phi) is 4.93. The number of hydrogen-bond donors (Lipinski definition) is 1. The molecule has 2 N–H and O–H groups in total. The van der Waals surface area contributed by atoms with E-state index in [9.17, 15) is 0 Å². The molecule has 1 fully saturated rings. The average Bonchev–Trinajstić information content (AvgIpc) is 2.93. The van der Waals surface area contributed by atoms with Crippen LogP contribution in [0.4, 0.5) is 0 Å². The lowest BCUT2D eigenvalue weighted by Gasteiger charge is -2.34. The van der Waals surface area contributed by atoms with Gasteiger partial charge in [0.15, 0.2) is 5.82 Å². The molecule has 3 rings (SSSR count). The summed E-state index contributed by atoms with van der Waals surface area (Å²) in [5.74, 6) is 2.67. The minimum absolute atomic E-state index is 0. The van der Waals surface area contributed by atoms with Crippen molar-refractivity contribution in [3.8, 4) is 11.5 Å². The van der Waals surface area contributed by atoms with Crippen molar-refractivity contribution >= 4 is 12.4 Å².